The fourth-order valence-electron chi connectivity index (χ4n) is 4.32. The van der Waals surface area contributed by atoms with Crippen LogP contribution in [0.25, 0.3) is 22.6 Å². The van der Waals surface area contributed by atoms with E-state index in [4.69, 9.17) is 9.72 Å². The van der Waals surface area contributed by atoms with Crippen molar-refractivity contribution in [3.63, 3.8) is 0 Å². The van der Waals surface area contributed by atoms with E-state index in [-0.39, 0.29) is 28.3 Å². The molecule has 37 heavy (non-hydrogen) atoms. The van der Waals surface area contributed by atoms with Gasteiger partial charge in [-0.3, -0.25) is 4.79 Å². The summed E-state index contributed by atoms with van der Waals surface area (Å²) in [6.45, 7) is 3.51. The van der Waals surface area contributed by atoms with Crippen molar-refractivity contribution in [1.29, 1.82) is 0 Å². The molecule has 1 amide bonds. The highest BCUT2D eigenvalue weighted by Gasteiger charge is 2.39. The summed E-state index contributed by atoms with van der Waals surface area (Å²) in [5.41, 5.74) is 2.11. The fourth-order valence-corrected chi connectivity index (χ4v) is 5.50. The number of amides is 1. The molecule has 0 atom stereocenters. The van der Waals surface area contributed by atoms with Gasteiger partial charge >= 0.3 is 12.1 Å². The first-order valence-electron chi connectivity index (χ1n) is 11.7. The van der Waals surface area contributed by atoms with E-state index < -0.39 is 12.1 Å². The third-order valence-electron chi connectivity index (χ3n) is 6.39. The average Bonchev–Trinajstić information content (AvgIpc) is 3.56. The predicted molar refractivity (Wildman–Crippen MR) is 131 cm³/mol. The van der Waals surface area contributed by atoms with Gasteiger partial charge < -0.3 is 14.6 Å². The lowest BCUT2D eigenvalue weighted by Crippen LogP contribution is -2.44. The van der Waals surface area contributed by atoms with Crippen molar-refractivity contribution in [1.82, 2.24) is 20.4 Å². The number of rotatable bonds is 6. The highest BCUT2D eigenvalue weighted by molar-refractivity contribution is 7.12. The largest absolute Gasteiger partial charge is 0.471 e. The molecule has 1 fully saturated rings. The Balaban J connectivity index is 1.36. The highest BCUT2D eigenvalue weighted by atomic mass is 32.1. The number of hydrogen-bond donors (Lipinski definition) is 1. The highest BCUT2D eigenvalue weighted by Crippen LogP contribution is 2.40. The normalized spacial score (nSPS) is 15.5. The van der Waals surface area contributed by atoms with Crippen LogP contribution in [0.2, 0.25) is 0 Å². The molecule has 0 aliphatic carbocycles. The van der Waals surface area contributed by atoms with Gasteiger partial charge in [-0.25, -0.2) is 4.98 Å². The van der Waals surface area contributed by atoms with E-state index in [9.17, 15) is 18.0 Å². The third-order valence-corrected chi connectivity index (χ3v) is 7.60. The molecule has 2 aromatic carbocycles. The molecule has 0 bridgehead atoms. The molecule has 192 valence electrons. The fraction of sp³-hybridized carbons (Fsp3) is 0.308. The topological polar surface area (TPSA) is 90.1 Å². The van der Waals surface area contributed by atoms with E-state index >= 15 is 0 Å². The van der Waals surface area contributed by atoms with Gasteiger partial charge in [0.05, 0.1) is 5.69 Å². The van der Waals surface area contributed by atoms with Crippen LogP contribution in [0.3, 0.4) is 0 Å². The third kappa shape index (κ3) is 5.28. The zero-order valence-electron chi connectivity index (χ0n) is 19.8. The minimum absolute atomic E-state index is 0.241. The van der Waals surface area contributed by atoms with E-state index in [1.165, 1.54) is 12.1 Å². The molecular weight excluding hydrogens is 505 g/mol. The van der Waals surface area contributed by atoms with Crippen molar-refractivity contribution in [2.75, 3.05) is 19.8 Å². The summed E-state index contributed by atoms with van der Waals surface area (Å²) in [5.74, 6) is -2.04. The molecule has 2 aromatic heterocycles. The van der Waals surface area contributed by atoms with Crippen molar-refractivity contribution < 1.29 is 27.2 Å². The number of benzene rings is 2. The van der Waals surface area contributed by atoms with Gasteiger partial charge in [-0.2, -0.15) is 18.2 Å². The second-order valence-electron chi connectivity index (χ2n) is 8.87. The maximum Gasteiger partial charge on any atom is 0.471 e. The zero-order valence-corrected chi connectivity index (χ0v) is 20.7. The molecule has 5 rings (SSSR count). The Hall–Kier alpha value is -3.57. The van der Waals surface area contributed by atoms with Crippen LogP contribution in [0.5, 0.6) is 0 Å². The number of aromatic nitrogens is 3. The van der Waals surface area contributed by atoms with Gasteiger partial charge in [-0.1, -0.05) is 47.6 Å². The molecule has 1 saturated heterocycles. The second kappa shape index (κ2) is 10.1. The standard InChI is InChI=1S/C26H23F3N4O3S/c1-16-20(17-6-3-2-4-7-17)31-24(37-16)25(10-12-35-13-11-25)15-30-22(34)19-9-5-8-18(14-19)21-32-23(36-33-21)26(27,28)29/h2-9,14H,10-13,15H2,1H3,(H,30,34). The molecule has 7 nitrogen and oxygen atoms in total. The van der Waals surface area contributed by atoms with Crippen LogP contribution in [-0.4, -0.2) is 40.8 Å². The summed E-state index contributed by atoms with van der Waals surface area (Å²) in [4.78, 5) is 22.6. The lowest BCUT2D eigenvalue weighted by molar-refractivity contribution is -0.159. The summed E-state index contributed by atoms with van der Waals surface area (Å²) in [7, 11) is 0. The quantitative estimate of drug-likeness (QED) is 0.347. The van der Waals surface area contributed by atoms with E-state index in [1.54, 1.807) is 23.5 Å². The number of thiazole rings is 1. The zero-order chi connectivity index (χ0) is 26.0. The molecule has 1 aliphatic rings. The predicted octanol–water partition coefficient (Wildman–Crippen LogP) is 5.67. The summed E-state index contributed by atoms with van der Waals surface area (Å²) in [6.07, 6.45) is -3.33. The maximum absolute atomic E-state index is 13.1. The van der Waals surface area contributed by atoms with Gasteiger partial charge in [0.1, 0.15) is 5.01 Å². The van der Waals surface area contributed by atoms with Crippen LogP contribution in [0.1, 0.15) is 39.0 Å². The molecule has 1 aliphatic heterocycles. The second-order valence-corrected chi connectivity index (χ2v) is 10.1. The number of carbonyl (C=O) groups is 1. The van der Waals surface area contributed by atoms with Crippen molar-refractivity contribution in [3.05, 3.63) is 75.9 Å². The Bertz CT molecular complexity index is 1400. The Morgan fingerprint density at radius 1 is 1.05 bits per heavy atom. The Kier molecular flexibility index (Phi) is 6.82. The van der Waals surface area contributed by atoms with Crippen molar-refractivity contribution in [2.24, 2.45) is 0 Å². The summed E-state index contributed by atoms with van der Waals surface area (Å²) in [6, 6.07) is 16.1. The first-order chi connectivity index (χ1) is 17.7. The van der Waals surface area contributed by atoms with Crippen molar-refractivity contribution >= 4 is 17.2 Å². The number of ether oxygens (including phenoxy) is 1. The molecule has 0 spiro atoms. The monoisotopic (exact) mass is 528 g/mol. The van der Waals surface area contributed by atoms with Crippen LogP contribution in [0.15, 0.2) is 59.1 Å². The van der Waals surface area contributed by atoms with Crippen LogP contribution in [0, 0.1) is 6.92 Å². The summed E-state index contributed by atoms with van der Waals surface area (Å²) in [5, 5.41) is 7.36. The number of hydrogen-bond acceptors (Lipinski definition) is 7. The minimum atomic E-state index is -4.74. The molecular formula is C26H23F3N4O3S. The molecule has 0 radical (unpaired) electrons. The average molecular weight is 529 g/mol. The minimum Gasteiger partial charge on any atom is -0.381 e. The molecule has 11 heteroatoms. The van der Waals surface area contributed by atoms with Gasteiger partial charge in [-0.15, -0.1) is 11.3 Å². The van der Waals surface area contributed by atoms with E-state index in [1.807, 2.05) is 37.3 Å². The van der Waals surface area contributed by atoms with E-state index in [2.05, 4.69) is 20.0 Å². The smallest absolute Gasteiger partial charge is 0.381 e. The van der Waals surface area contributed by atoms with Crippen LogP contribution < -0.4 is 5.32 Å². The lowest BCUT2D eigenvalue weighted by atomic mass is 9.80. The van der Waals surface area contributed by atoms with Gasteiger partial charge in [0.25, 0.3) is 5.91 Å². The van der Waals surface area contributed by atoms with E-state index in [0.29, 0.717) is 32.6 Å². The Morgan fingerprint density at radius 2 is 1.78 bits per heavy atom. The van der Waals surface area contributed by atoms with Gasteiger partial charge in [0, 0.05) is 46.7 Å². The maximum atomic E-state index is 13.1. The van der Waals surface area contributed by atoms with Crippen molar-refractivity contribution in [3.8, 4) is 22.6 Å². The first kappa shape index (κ1) is 25.1. The van der Waals surface area contributed by atoms with Crippen LogP contribution in [-0.2, 0) is 16.3 Å². The van der Waals surface area contributed by atoms with Crippen LogP contribution in [0.4, 0.5) is 13.2 Å². The Labute approximate surface area is 214 Å². The van der Waals surface area contributed by atoms with Gasteiger partial charge in [-0.05, 0) is 31.9 Å². The number of nitrogens with zero attached hydrogens (tertiary/aromatic N) is 3. The summed E-state index contributed by atoms with van der Waals surface area (Å²) >= 11 is 1.63. The van der Waals surface area contributed by atoms with Gasteiger partial charge in [0.2, 0.25) is 5.82 Å². The lowest BCUT2D eigenvalue weighted by Gasteiger charge is -2.35. The number of alkyl halides is 3. The molecule has 1 N–H and O–H groups in total. The number of carbonyl (C=O) groups excluding carboxylic acids is 1. The first-order valence-corrected chi connectivity index (χ1v) is 12.5. The number of nitrogens with one attached hydrogen (secondary N) is 1. The van der Waals surface area contributed by atoms with Crippen molar-refractivity contribution in [2.45, 2.75) is 31.4 Å². The molecule has 0 unspecified atom stereocenters. The SMILES string of the molecule is Cc1sc(C2(CNC(=O)c3cccc(-c4noc(C(F)(F)F)n4)c3)CCOCC2)nc1-c1ccccc1. The van der Waals surface area contributed by atoms with Gasteiger partial charge in [0.15, 0.2) is 0 Å². The summed E-state index contributed by atoms with van der Waals surface area (Å²) < 4.78 is 48.4. The molecule has 4 aromatic rings. The number of aryl methyl sites for hydroxylation is 1. The van der Waals surface area contributed by atoms with E-state index in [0.717, 1.165) is 21.1 Å². The Morgan fingerprint density at radius 3 is 2.49 bits per heavy atom. The van der Waals surface area contributed by atoms with Crippen LogP contribution >= 0.6 is 11.3 Å². The number of halogens is 3. The molecule has 3 heterocycles. The molecule has 0 saturated carbocycles.